The molecule has 0 aromatic heterocycles. The summed E-state index contributed by atoms with van der Waals surface area (Å²) in [5.74, 6) is 0. The third-order valence-electron chi connectivity index (χ3n) is 10.8. The molecule has 0 atom stereocenters. The smallest absolute Gasteiger partial charge is 0.00259 e. The van der Waals surface area contributed by atoms with E-state index in [1.165, 1.54) is 104 Å². The van der Waals surface area contributed by atoms with Crippen molar-refractivity contribution in [2.24, 2.45) is 0 Å². The maximum Gasteiger partial charge on any atom is -0.00259 e. The van der Waals surface area contributed by atoms with Crippen LogP contribution in [0.4, 0.5) is 0 Å². The fourth-order valence-corrected chi connectivity index (χ4v) is 8.23. The number of benzene rings is 10. The molecule has 0 aliphatic carbocycles. The van der Waals surface area contributed by atoms with Crippen LogP contribution in [-0.4, -0.2) is 0 Å². The van der Waals surface area contributed by atoms with Crippen LogP contribution in [-0.2, 0) is 0 Å². The highest BCUT2D eigenvalue weighted by molar-refractivity contribution is 6.22. The lowest BCUT2D eigenvalue weighted by molar-refractivity contribution is 1.47. The van der Waals surface area contributed by atoms with Crippen molar-refractivity contribution in [1.82, 2.24) is 0 Å². The molecule has 0 unspecified atom stereocenters. The minimum Gasteiger partial charge on any atom is -0.0622 e. The van der Waals surface area contributed by atoms with Crippen molar-refractivity contribution in [1.29, 1.82) is 0 Å². The zero-order valence-electron chi connectivity index (χ0n) is 29.6. The molecule has 10 aromatic rings. The van der Waals surface area contributed by atoms with Gasteiger partial charge in [0.25, 0.3) is 0 Å². The predicted molar refractivity (Wildman–Crippen MR) is 228 cm³/mol. The second-order valence-corrected chi connectivity index (χ2v) is 14.2. The third kappa shape index (κ3) is 5.57. The molecule has 0 aliphatic rings. The number of aryl methyl sites for hydroxylation is 1. The highest BCUT2D eigenvalue weighted by Crippen LogP contribution is 2.46. The van der Waals surface area contributed by atoms with Gasteiger partial charge in [0.2, 0.25) is 0 Å². The largest absolute Gasteiger partial charge is 0.0622 e. The van der Waals surface area contributed by atoms with Crippen LogP contribution in [0, 0.1) is 6.92 Å². The summed E-state index contributed by atoms with van der Waals surface area (Å²) in [4.78, 5) is 0. The Morgan fingerprint density at radius 3 is 1.13 bits per heavy atom. The fourth-order valence-electron chi connectivity index (χ4n) is 8.23. The normalized spacial score (nSPS) is 11.5. The van der Waals surface area contributed by atoms with Crippen LogP contribution in [0.25, 0.3) is 98.7 Å². The van der Waals surface area contributed by atoms with Gasteiger partial charge in [-0.2, -0.15) is 0 Å². The van der Waals surface area contributed by atoms with E-state index in [9.17, 15) is 0 Å². The Hall–Kier alpha value is -6.76. The summed E-state index contributed by atoms with van der Waals surface area (Å²) >= 11 is 0. The van der Waals surface area contributed by atoms with Crippen molar-refractivity contribution in [3.05, 3.63) is 206 Å². The quantitative estimate of drug-likeness (QED) is 0.160. The van der Waals surface area contributed by atoms with Crippen molar-refractivity contribution >= 4 is 43.1 Å². The Morgan fingerprint density at radius 2 is 0.604 bits per heavy atom. The van der Waals surface area contributed by atoms with E-state index < -0.39 is 0 Å². The van der Waals surface area contributed by atoms with Gasteiger partial charge in [0.05, 0.1) is 0 Å². The van der Waals surface area contributed by atoms with Crippen LogP contribution < -0.4 is 0 Å². The summed E-state index contributed by atoms with van der Waals surface area (Å²) in [6.07, 6.45) is 0. The van der Waals surface area contributed by atoms with E-state index in [1.54, 1.807) is 0 Å². The van der Waals surface area contributed by atoms with Crippen molar-refractivity contribution in [2.45, 2.75) is 6.92 Å². The highest BCUT2D eigenvalue weighted by atomic mass is 14.2. The van der Waals surface area contributed by atoms with Gasteiger partial charge in [0, 0.05) is 0 Å². The van der Waals surface area contributed by atoms with Crippen LogP contribution in [0.15, 0.2) is 200 Å². The molecule has 0 heteroatoms. The lowest BCUT2D eigenvalue weighted by atomic mass is 9.84. The summed E-state index contributed by atoms with van der Waals surface area (Å²) in [7, 11) is 0. The van der Waals surface area contributed by atoms with Gasteiger partial charge in [-0.1, -0.05) is 175 Å². The zero-order chi connectivity index (χ0) is 35.3. The number of hydrogen-bond donors (Lipinski definition) is 0. The van der Waals surface area contributed by atoms with Gasteiger partial charge in [0.1, 0.15) is 0 Å². The molecular weight excluding hydrogens is 637 g/mol. The maximum atomic E-state index is 2.42. The van der Waals surface area contributed by atoms with Gasteiger partial charge in [0.15, 0.2) is 0 Å². The molecule has 53 heavy (non-hydrogen) atoms. The molecule has 248 valence electrons. The van der Waals surface area contributed by atoms with E-state index in [1.807, 2.05) is 0 Å². The number of rotatable bonds is 5. The zero-order valence-corrected chi connectivity index (χ0v) is 29.6. The Morgan fingerprint density at radius 1 is 0.226 bits per heavy atom. The lowest BCUT2D eigenvalue weighted by Gasteiger charge is -2.19. The van der Waals surface area contributed by atoms with Gasteiger partial charge in [-0.3, -0.25) is 0 Å². The van der Waals surface area contributed by atoms with Crippen LogP contribution >= 0.6 is 0 Å². The van der Waals surface area contributed by atoms with Gasteiger partial charge in [-0.05, 0) is 136 Å². The first kappa shape index (κ1) is 31.0. The van der Waals surface area contributed by atoms with Crippen molar-refractivity contribution in [3.8, 4) is 55.6 Å². The minimum atomic E-state index is 1.23. The Labute approximate surface area is 310 Å². The summed E-state index contributed by atoms with van der Waals surface area (Å²) in [5, 5.41) is 10.0. The number of hydrogen-bond acceptors (Lipinski definition) is 0. The minimum absolute atomic E-state index is 1.23. The predicted octanol–water partition coefficient (Wildman–Crippen LogP) is 14.9. The molecule has 0 nitrogen and oxygen atoms in total. The Kier molecular flexibility index (Phi) is 7.48. The van der Waals surface area contributed by atoms with E-state index in [-0.39, 0.29) is 0 Å². The SMILES string of the molecule is Cc1cccc(-c2ccc3c(-c4ccc5cc(-c6ccccc6)ccc5c4)c4ccccc4c(-c4ccc5cc(-c6ccccc6)ccc5c4)c3c2)c1. The molecule has 0 saturated carbocycles. The van der Waals surface area contributed by atoms with Crippen LogP contribution in [0.3, 0.4) is 0 Å². The molecular formula is C53H36. The molecule has 0 radical (unpaired) electrons. The van der Waals surface area contributed by atoms with Crippen molar-refractivity contribution in [2.75, 3.05) is 0 Å². The molecule has 0 fully saturated rings. The standard InChI is InChI=1S/C53H36/c1-35-11-10-16-38(29-35)45-27-28-50-51(34-45)53(47-26-24-42-31-40(20-22-44(42)33-47)37-14-6-3-7-15-37)49-18-9-8-17-48(49)52(50)46-25-23-41-30-39(19-21-43(41)32-46)36-12-4-2-5-13-36/h2-34H,1H3. The number of fused-ring (bicyclic) bond motifs is 4. The van der Waals surface area contributed by atoms with Gasteiger partial charge >= 0.3 is 0 Å². The Bertz CT molecular complexity index is 2990. The van der Waals surface area contributed by atoms with Crippen molar-refractivity contribution < 1.29 is 0 Å². The van der Waals surface area contributed by atoms with Crippen molar-refractivity contribution in [3.63, 3.8) is 0 Å². The van der Waals surface area contributed by atoms with E-state index in [4.69, 9.17) is 0 Å². The van der Waals surface area contributed by atoms with Gasteiger partial charge in [-0.15, -0.1) is 0 Å². The molecule has 0 N–H and O–H groups in total. The topological polar surface area (TPSA) is 0 Å². The first-order valence-electron chi connectivity index (χ1n) is 18.4. The molecule has 0 amide bonds. The summed E-state index contributed by atoms with van der Waals surface area (Å²) < 4.78 is 0. The molecule has 0 heterocycles. The van der Waals surface area contributed by atoms with E-state index in [0.29, 0.717) is 0 Å². The monoisotopic (exact) mass is 672 g/mol. The summed E-state index contributed by atoms with van der Waals surface area (Å²) in [5.41, 5.74) is 13.7. The third-order valence-corrected chi connectivity index (χ3v) is 10.8. The van der Waals surface area contributed by atoms with E-state index >= 15 is 0 Å². The summed E-state index contributed by atoms with van der Waals surface area (Å²) in [6.45, 7) is 2.17. The van der Waals surface area contributed by atoms with Gasteiger partial charge in [-0.25, -0.2) is 0 Å². The molecule has 0 spiro atoms. The molecule has 10 rings (SSSR count). The molecule has 0 bridgehead atoms. The molecule has 0 saturated heterocycles. The van der Waals surface area contributed by atoms with Crippen LogP contribution in [0.5, 0.6) is 0 Å². The van der Waals surface area contributed by atoms with E-state index in [0.717, 1.165) is 0 Å². The van der Waals surface area contributed by atoms with Crippen LogP contribution in [0.1, 0.15) is 5.56 Å². The maximum absolute atomic E-state index is 2.42. The first-order chi connectivity index (χ1) is 26.2. The highest BCUT2D eigenvalue weighted by Gasteiger charge is 2.18. The molecule has 10 aromatic carbocycles. The average molecular weight is 673 g/mol. The Balaban J connectivity index is 1.20. The van der Waals surface area contributed by atoms with Gasteiger partial charge < -0.3 is 0 Å². The van der Waals surface area contributed by atoms with E-state index in [2.05, 4.69) is 207 Å². The first-order valence-corrected chi connectivity index (χ1v) is 18.4. The fraction of sp³-hybridized carbons (Fsp3) is 0.0189. The second-order valence-electron chi connectivity index (χ2n) is 14.2. The second kappa shape index (κ2) is 12.8. The van der Waals surface area contributed by atoms with Crippen LogP contribution in [0.2, 0.25) is 0 Å². The summed E-state index contributed by atoms with van der Waals surface area (Å²) in [6, 6.07) is 73.8. The average Bonchev–Trinajstić information content (AvgIpc) is 3.22. The lowest BCUT2D eigenvalue weighted by Crippen LogP contribution is -1.92. The molecule has 0 aliphatic heterocycles.